The Morgan fingerprint density at radius 3 is 2.50 bits per heavy atom. The highest BCUT2D eigenvalue weighted by atomic mass is 32.1. The summed E-state index contributed by atoms with van der Waals surface area (Å²) in [6, 6.07) is 0. The van der Waals surface area contributed by atoms with Gasteiger partial charge in [0.25, 0.3) is 0 Å². The van der Waals surface area contributed by atoms with Crippen LogP contribution in [0.5, 0.6) is 0 Å². The highest BCUT2D eigenvalue weighted by Gasteiger charge is 2.24. The standard InChI is InChI=1S/C9H13N5O3S/c1-6(15)10-7-8(12-18-11-7)13-2-4-14(5-3-13)9(16)17/h2-5H2,1H3,(H,16,17)(H,10,11,15). The molecule has 0 aliphatic carbocycles. The second kappa shape index (κ2) is 5.17. The van der Waals surface area contributed by atoms with E-state index in [-0.39, 0.29) is 5.91 Å². The molecule has 98 valence electrons. The average molecular weight is 271 g/mol. The normalized spacial score (nSPS) is 15.6. The van der Waals surface area contributed by atoms with Crippen LogP contribution < -0.4 is 10.2 Å². The molecule has 1 aromatic rings. The molecular formula is C9H13N5O3S. The molecule has 9 heteroatoms. The van der Waals surface area contributed by atoms with Crippen LogP contribution >= 0.6 is 11.7 Å². The third-order valence-corrected chi connectivity index (χ3v) is 3.13. The van der Waals surface area contributed by atoms with E-state index in [0.717, 1.165) is 11.7 Å². The van der Waals surface area contributed by atoms with Gasteiger partial charge in [0.15, 0.2) is 11.6 Å². The second-order valence-corrected chi connectivity index (χ2v) is 4.40. The predicted octanol–water partition coefficient (Wildman–Crippen LogP) is 0.296. The lowest BCUT2D eigenvalue weighted by molar-refractivity contribution is -0.114. The van der Waals surface area contributed by atoms with Gasteiger partial charge in [0, 0.05) is 33.1 Å². The SMILES string of the molecule is CC(=O)Nc1nsnc1N1CCN(C(=O)O)CC1. The number of carbonyl (C=O) groups is 2. The Balaban J connectivity index is 2.03. The number of piperazine rings is 1. The summed E-state index contributed by atoms with van der Waals surface area (Å²) in [4.78, 5) is 25.1. The van der Waals surface area contributed by atoms with Crippen molar-refractivity contribution in [1.29, 1.82) is 0 Å². The fourth-order valence-electron chi connectivity index (χ4n) is 1.75. The lowest BCUT2D eigenvalue weighted by Gasteiger charge is -2.33. The van der Waals surface area contributed by atoms with Crippen molar-refractivity contribution in [3.05, 3.63) is 0 Å². The van der Waals surface area contributed by atoms with Crippen LogP contribution in [0.15, 0.2) is 0 Å². The van der Waals surface area contributed by atoms with E-state index in [0.29, 0.717) is 37.8 Å². The fourth-order valence-corrected chi connectivity index (χ4v) is 2.28. The molecule has 2 rings (SSSR count). The van der Waals surface area contributed by atoms with Crippen molar-refractivity contribution >= 4 is 35.4 Å². The summed E-state index contributed by atoms with van der Waals surface area (Å²) in [6.45, 7) is 3.35. The van der Waals surface area contributed by atoms with Crippen molar-refractivity contribution in [1.82, 2.24) is 13.6 Å². The van der Waals surface area contributed by atoms with Crippen molar-refractivity contribution in [3.63, 3.8) is 0 Å². The van der Waals surface area contributed by atoms with Gasteiger partial charge >= 0.3 is 6.09 Å². The third kappa shape index (κ3) is 2.67. The van der Waals surface area contributed by atoms with Gasteiger partial charge in [-0.2, -0.15) is 8.75 Å². The minimum absolute atomic E-state index is 0.201. The quantitative estimate of drug-likeness (QED) is 0.802. The zero-order valence-electron chi connectivity index (χ0n) is 9.79. The van der Waals surface area contributed by atoms with E-state index < -0.39 is 6.09 Å². The monoisotopic (exact) mass is 271 g/mol. The van der Waals surface area contributed by atoms with Crippen molar-refractivity contribution in [2.24, 2.45) is 0 Å². The smallest absolute Gasteiger partial charge is 0.407 e. The largest absolute Gasteiger partial charge is 0.465 e. The van der Waals surface area contributed by atoms with E-state index in [4.69, 9.17) is 5.11 Å². The number of hydrogen-bond acceptors (Lipinski definition) is 6. The first-order valence-electron chi connectivity index (χ1n) is 5.41. The maximum absolute atomic E-state index is 11.0. The molecule has 1 aliphatic rings. The van der Waals surface area contributed by atoms with Crippen LogP contribution in [-0.2, 0) is 4.79 Å². The summed E-state index contributed by atoms with van der Waals surface area (Å²) in [6.07, 6.45) is -0.909. The van der Waals surface area contributed by atoms with Gasteiger partial charge in [-0.15, -0.1) is 0 Å². The Morgan fingerprint density at radius 1 is 1.28 bits per heavy atom. The van der Waals surface area contributed by atoms with Crippen LogP contribution in [0, 0.1) is 0 Å². The minimum Gasteiger partial charge on any atom is -0.465 e. The first-order valence-corrected chi connectivity index (χ1v) is 6.14. The van der Waals surface area contributed by atoms with Crippen LogP contribution in [0.25, 0.3) is 0 Å². The second-order valence-electron chi connectivity index (χ2n) is 3.87. The van der Waals surface area contributed by atoms with Gasteiger partial charge in [0.2, 0.25) is 5.91 Å². The zero-order valence-corrected chi connectivity index (χ0v) is 10.6. The van der Waals surface area contributed by atoms with E-state index in [9.17, 15) is 9.59 Å². The number of nitrogens with zero attached hydrogens (tertiary/aromatic N) is 4. The molecule has 1 saturated heterocycles. The first kappa shape index (κ1) is 12.6. The predicted molar refractivity (Wildman–Crippen MR) is 66.0 cm³/mol. The van der Waals surface area contributed by atoms with Crippen molar-refractivity contribution in [2.45, 2.75) is 6.92 Å². The number of carboxylic acid groups (broad SMARTS) is 1. The molecule has 0 aromatic carbocycles. The molecule has 1 fully saturated rings. The average Bonchev–Trinajstić information content (AvgIpc) is 2.76. The topological polar surface area (TPSA) is 98.7 Å². The zero-order chi connectivity index (χ0) is 13.1. The maximum atomic E-state index is 11.0. The molecule has 0 unspecified atom stereocenters. The van der Waals surface area contributed by atoms with E-state index >= 15 is 0 Å². The fraction of sp³-hybridized carbons (Fsp3) is 0.556. The molecule has 2 heterocycles. The number of rotatable bonds is 2. The molecule has 1 aliphatic heterocycles. The first-order chi connectivity index (χ1) is 8.58. The van der Waals surface area contributed by atoms with Gasteiger partial charge < -0.3 is 20.2 Å². The molecule has 8 nitrogen and oxygen atoms in total. The Bertz CT molecular complexity index is 455. The third-order valence-electron chi connectivity index (χ3n) is 2.62. The summed E-state index contributed by atoms with van der Waals surface area (Å²) >= 11 is 1.02. The van der Waals surface area contributed by atoms with E-state index in [2.05, 4.69) is 14.1 Å². The molecule has 18 heavy (non-hydrogen) atoms. The summed E-state index contributed by atoms with van der Waals surface area (Å²) in [7, 11) is 0. The highest BCUT2D eigenvalue weighted by molar-refractivity contribution is 6.99. The number of hydrogen-bond donors (Lipinski definition) is 2. The molecular weight excluding hydrogens is 258 g/mol. The molecule has 2 N–H and O–H groups in total. The van der Waals surface area contributed by atoms with Gasteiger partial charge in [-0.1, -0.05) is 0 Å². The summed E-state index contributed by atoms with van der Waals surface area (Å²) in [5.41, 5.74) is 0. The number of nitrogens with one attached hydrogen (secondary N) is 1. The van der Waals surface area contributed by atoms with Crippen LogP contribution in [-0.4, -0.2) is 56.9 Å². The minimum atomic E-state index is -0.909. The Morgan fingerprint density at radius 2 is 1.94 bits per heavy atom. The van der Waals surface area contributed by atoms with Crippen molar-refractivity contribution in [3.8, 4) is 0 Å². The maximum Gasteiger partial charge on any atom is 0.407 e. The van der Waals surface area contributed by atoms with E-state index in [1.807, 2.05) is 4.90 Å². The Labute approximate surface area is 108 Å². The van der Waals surface area contributed by atoms with Gasteiger partial charge in [-0.3, -0.25) is 4.79 Å². The van der Waals surface area contributed by atoms with E-state index in [1.54, 1.807) is 0 Å². The number of aromatic nitrogens is 2. The van der Waals surface area contributed by atoms with Crippen molar-refractivity contribution < 1.29 is 14.7 Å². The molecule has 0 saturated carbocycles. The van der Waals surface area contributed by atoms with Crippen molar-refractivity contribution in [2.75, 3.05) is 36.4 Å². The molecule has 2 amide bonds. The van der Waals surface area contributed by atoms with Crippen LogP contribution in [0.4, 0.5) is 16.4 Å². The lowest BCUT2D eigenvalue weighted by atomic mass is 10.3. The molecule has 0 atom stereocenters. The Kier molecular flexibility index (Phi) is 3.60. The van der Waals surface area contributed by atoms with Gasteiger partial charge in [-0.25, -0.2) is 4.79 Å². The lowest BCUT2D eigenvalue weighted by Crippen LogP contribution is -2.48. The van der Waals surface area contributed by atoms with Crippen LogP contribution in [0.1, 0.15) is 6.92 Å². The molecule has 0 radical (unpaired) electrons. The van der Waals surface area contributed by atoms with Gasteiger partial charge in [-0.05, 0) is 0 Å². The highest BCUT2D eigenvalue weighted by Crippen LogP contribution is 2.24. The molecule has 0 spiro atoms. The van der Waals surface area contributed by atoms with E-state index in [1.165, 1.54) is 11.8 Å². The van der Waals surface area contributed by atoms with Gasteiger partial charge in [0.1, 0.15) is 0 Å². The number of carbonyl (C=O) groups excluding carboxylic acids is 1. The summed E-state index contributed by atoms with van der Waals surface area (Å²) in [5, 5.41) is 11.5. The number of anilines is 2. The van der Waals surface area contributed by atoms with Crippen LogP contribution in [0.2, 0.25) is 0 Å². The van der Waals surface area contributed by atoms with Gasteiger partial charge in [0.05, 0.1) is 11.7 Å². The van der Waals surface area contributed by atoms with Crippen LogP contribution in [0.3, 0.4) is 0 Å². The summed E-state index contributed by atoms with van der Waals surface area (Å²) in [5.74, 6) is 0.852. The Hall–Kier alpha value is -1.90. The summed E-state index contributed by atoms with van der Waals surface area (Å²) < 4.78 is 8.15. The molecule has 1 aromatic heterocycles. The number of amides is 2. The molecule has 0 bridgehead atoms.